The monoisotopic (exact) mass is 249 g/mol. The highest BCUT2D eigenvalue weighted by molar-refractivity contribution is 7.18. The van der Waals surface area contributed by atoms with Gasteiger partial charge in [0.2, 0.25) is 5.13 Å². The van der Waals surface area contributed by atoms with Crippen LogP contribution < -0.4 is 10.1 Å². The molecule has 0 aliphatic rings. The van der Waals surface area contributed by atoms with Crippen LogP contribution >= 0.6 is 11.3 Å². The Hall–Kier alpha value is -1.62. The van der Waals surface area contributed by atoms with Gasteiger partial charge in [0, 0.05) is 12.1 Å². The molecule has 1 heterocycles. The lowest BCUT2D eigenvalue weighted by Crippen LogP contribution is -1.98. The molecule has 4 nitrogen and oxygen atoms in total. The molecule has 1 N–H and O–H groups in total. The summed E-state index contributed by atoms with van der Waals surface area (Å²) < 4.78 is 5.12. The van der Waals surface area contributed by atoms with Gasteiger partial charge in [-0.25, -0.2) is 0 Å². The summed E-state index contributed by atoms with van der Waals surface area (Å²) in [4.78, 5) is 0. The van der Waals surface area contributed by atoms with Gasteiger partial charge in [-0.3, -0.25) is 0 Å². The van der Waals surface area contributed by atoms with Gasteiger partial charge in [-0.2, -0.15) is 0 Å². The van der Waals surface area contributed by atoms with Crippen molar-refractivity contribution < 1.29 is 4.74 Å². The van der Waals surface area contributed by atoms with E-state index in [1.807, 2.05) is 24.3 Å². The molecule has 0 aliphatic heterocycles. The van der Waals surface area contributed by atoms with Gasteiger partial charge >= 0.3 is 0 Å². The van der Waals surface area contributed by atoms with Crippen molar-refractivity contribution in [2.75, 3.05) is 19.0 Å². The quantitative estimate of drug-likeness (QED) is 0.884. The predicted octanol–water partition coefficient (Wildman–Crippen LogP) is 3.04. The highest BCUT2D eigenvalue weighted by Gasteiger charge is 2.05. The average Bonchev–Trinajstić information content (AvgIpc) is 2.85. The van der Waals surface area contributed by atoms with Gasteiger partial charge in [0.05, 0.1) is 7.11 Å². The van der Waals surface area contributed by atoms with Crippen molar-refractivity contribution in [2.24, 2.45) is 0 Å². The Morgan fingerprint density at radius 3 is 2.65 bits per heavy atom. The zero-order valence-corrected chi connectivity index (χ0v) is 10.8. The number of anilines is 1. The van der Waals surface area contributed by atoms with Crippen LogP contribution in [0.1, 0.15) is 13.3 Å². The number of ether oxygens (including phenoxy) is 1. The minimum absolute atomic E-state index is 0.850. The van der Waals surface area contributed by atoms with Crippen molar-refractivity contribution in [2.45, 2.75) is 13.3 Å². The highest BCUT2D eigenvalue weighted by Crippen LogP contribution is 2.27. The van der Waals surface area contributed by atoms with Gasteiger partial charge in [-0.05, 0) is 30.7 Å². The Morgan fingerprint density at radius 1 is 1.24 bits per heavy atom. The van der Waals surface area contributed by atoms with Gasteiger partial charge in [0.25, 0.3) is 0 Å². The highest BCUT2D eigenvalue weighted by atomic mass is 32.1. The molecule has 17 heavy (non-hydrogen) atoms. The van der Waals surface area contributed by atoms with E-state index in [2.05, 4.69) is 22.4 Å². The van der Waals surface area contributed by atoms with Crippen LogP contribution in [-0.2, 0) is 0 Å². The second kappa shape index (κ2) is 5.63. The van der Waals surface area contributed by atoms with Crippen molar-refractivity contribution >= 4 is 16.5 Å². The van der Waals surface area contributed by atoms with E-state index in [4.69, 9.17) is 4.74 Å². The topological polar surface area (TPSA) is 47.0 Å². The summed E-state index contributed by atoms with van der Waals surface area (Å²) in [6.45, 7) is 3.05. The van der Waals surface area contributed by atoms with E-state index in [1.54, 1.807) is 18.4 Å². The van der Waals surface area contributed by atoms with E-state index in [0.717, 1.165) is 34.4 Å². The number of methoxy groups -OCH3 is 1. The summed E-state index contributed by atoms with van der Waals surface area (Å²) in [6.07, 6.45) is 1.08. The van der Waals surface area contributed by atoms with Crippen molar-refractivity contribution in [3.8, 4) is 16.3 Å². The maximum Gasteiger partial charge on any atom is 0.206 e. The third kappa shape index (κ3) is 2.94. The second-order valence-electron chi connectivity index (χ2n) is 3.57. The van der Waals surface area contributed by atoms with Crippen LogP contribution in [0.2, 0.25) is 0 Å². The van der Waals surface area contributed by atoms with Crippen LogP contribution in [0.25, 0.3) is 10.6 Å². The van der Waals surface area contributed by atoms with Crippen LogP contribution in [0.5, 0.6) is 5.75 Å². The van der Waals surface area contributed by atoms with Crippen LogP contribution in [0.15, 0.2) is 24.3 Å². The summed E-state index contributed by atoms with van der Waals surface area (Å²) >= 11 is 1.57. The van der Waals surface area contributed by atoms with Crippen molar-refractivity contribution in [3.63, 3.8) is 0 Å². The molecule has 0 unspecified atom stereocenters. The average molecular weight is 249 g/mol. The Bertz CT molecular complexity index is 467. The summed E-state index contributed by atoms with van der Waals surface area (Å²) in [6, 6.07) is 7.83. The molecule has 2 rings (SSSR count). The first-order valence-corrected chi connectivity index (χ1v) is 6.37. The molecule has 0 saturated carbocycles. The minimum atomic E-state index is 0.850. The van der Waals surface area contributed by atoms with Gasteiger partial charge in [0.15, 0.2) is 0 Å². The normalized spacial score (nSPS) is 10.2. The fourth-order valence-electron chi connectivity index (χ4n) is 1.38. The first kappa shape index (κ1) is 11.9. The van der Waals surface area contributed by atoms with E-state index in [1.165, 1.54) is 0 Å². The molecule has 0 bridgehead atoms. The van der Waals surface area contributed by atoms with E-state index in [9.17, 15) is 0 Å². The molecular weight excluding hydrogens is 234 g/mol. The fourth-order valence-corrected chi connectivity index (χ4v) is 2.15. The van der Waals surface area contributed by atoms with Crippen LogP contribution in [0, 0.1) is 0 Å². The number of nitrogens with one attached hydrogen (secondary N) is 1. The van der Waals surface area contributed by atoms with Gasteiger partial charge < -0.3 is 10.1 Å². The number of aromatic nitrogens is 2. The molecule has 0 spiro atoms. The molecule has 0 aliphatic carbocycles. The largest absolute Gasteiger partial charge is 0.497 e. The van der Waals surface area contributed by atoms with Crippen LogP contribution in [-0.4, -0.2) is 23.9 Å². The summed E-state index contributed by atoms with van der Waals surface area (Å²) in [5.41, 5.74) is 1.06. The number of hydrogen-bond acceptors (Lipinski definition) is 5. The molecule has 90 valence electrons. The van der Waals surface area contributed by atoms with E-state index >= 15 is 0 Å². The molecule has 1 aromatic carbocycles. The molecule has 0 fully saturated rings. The summed E-state index contributed by atoms with van der Waals surface area (Å²) in [5, 5.41) is 13.3. The molecule has 5 heteroatoms. The molecular formula is C12H15N3OS. The van der Waals surface area contributed by atoms with E-state index in [-0.39, 0.29) is 0 Å². The zero-order chi connectivity index (χ0) is 12.1. The lowest BCUT2D eigenvalue weighted by molar-refractivity contribution is 0.415. The maximum atomic E-state index is 5.12. The first-order valence-electron chi connectivity index (χ1n) is 5.55. The smallest absolute Gasteiger partial charge is 0.206 e. The fraction of sp³-hybridized carbons (Fsp3) is 0.333. The first-order chi connectivity index (χ1) is 8.33. The molecule has 0 atom stereocenters. The maximum absolute atomic E-state index is 5.12. The van der Waals surface area contributed by atoms with Crippen molar-refractivity contribution in [1.82, 2.24) is 10.2 Å². The van der Waals surface area contributed by atoms with Crippen LogP contribution in [0.3, 0.4) is 0 Å². The Balaban J connectivity index is 2.12. The predicted molar refractivity (Wildman–Crippen MR) is 70.7 cm³/mol. The third-order valence-electron chi connectivity index (χ3n) is 2.29. The number of rotatable bonds is 5. The molecule has 0 saturated heterocycles. The van der Waals surface area contributed by atoms with Gasteiger partial charge in [0.1, 0.15) is 10.8 Å². The molecule has 0 radical (unpaired) electrons. The SMILES string of the molecule is CCCNc1nnc(-c2ccc(OC)cc2)s1. The number of hydrogen-bond donors (Lipinski definition) is 1. The van der Waals surface area contributed by atoms with E-state index < -0.39 is 0 Å². The van der Waals surface area contributed by atoms with Crippen LogP contribution in [0.4, 0.5) is 5.13 Å². The Morgan fingerprint density at radius 2 is 2.00 bits per heavy atom. The summed E-state index contributed by atoms with van der Waals surface area (Å²) in [5.74, 6) is 0.850. The standard InChI is InChI=1S/C12H15N3OS/c1-3-8-13-12-15-14-11(17-12)9-4-6-10(16-2)7-5-9/h4-7H,3,8H2,1-2H3,(H,13,15). The minimum Gasteiger partial charge on any atom is -0.497 e. The van der Waals surface area contributed by atoms with E-state index in [0.29, 0.717) is 0 Å². The second-order valence-corrected chi connectivity index (χ2v) is 4.55. The Kier molecular flexibility index (Phi) is 3.93. The van der Waals surface area contributed by atoms with Crippen molar-refractivity contribution in [1.29, 1.82) is 0 Å². The molecule has 1 aromatic heterocycles. The lowest BCUT2D eigenvalue weighted by Gasteiger charge is -1.99. The Labute approximate surface area is 105 Å². The lowest BCUT2D eigenvalue weighted by atomic mass is 10.2. The summed E-state index contributed by atoms with van der Waals surface area (Å²) in [7, 11) is 1.66. The molecule has 0 amide bonds. The van der Waals surface area contributed by atoms with Gasteiger partial charge in [-0.1, -0.05) is 18.3 Å². The number of benzene rings is 1. The number of nitrogens with zero attached hydrogens (tertiary/aromatic N) is 2. The van der Waals surface area contributed by atoms with Gasteiger partial charge in [-0.15, -0.1) is 10.2 Å². The molecule has 2 aromatic rings. The third-order valence-corrected chi connectivity index (χ3v) is 3.22. The zero-order valence-electron chi connectivity index (χ0n) is 9.93. The van der Waals surface area contributed by atoms with Crippen molar-refractivity contribution in [3.05, 3.63) is 24.3 Å².